The van der Waals surface area contributed by atoms with Crippen molar-refractivity contribution in [3.63, 3.8) is 0 Å². The maximum absolute atomic E-state index is 11.3. The van der Waals surface area contributed by atoms with Gasteiger partial charge in [0, 0.05) is 26.2 Å². The number of hydrogen-bond acceptors (Lipinski definition) is 4. The van der Waals surface area contributed by atoms with Crippen LogP contribution in [0.15, 0.2) is 0 Å². The number of methoxy groups -OCH3 is 1. The smallest absolute Gasteiger partial charge is 0.406 e. The zero-order valence-electron chi connectivity index (χ0n) is 11.9. The van der Waals surface area contributed by atoms with E-state index in [0.717, 1.165) is 25.7 Å². The molecule has 0 saturated carbocycles. The molecular formula is C12H24N4O4. The first kappa shape index (κ1) is 18.0. The first-order chi connectivity index (χ1) is 9.70. The third-order valence-corrected chi connectivity index (χ3v) is 2.46. The Kier molecular flexibility index (Phi) is 12.1. The van der Waals surface area contributed by atoms with Crippen molar-refractivity contribution in [2.45, 2.75) is 25.7 Å². The lowest BCUT2D eigenvalue weighted by molar-refractivity contribution is -0.109. The Bertz CT molecular complexity index is 287. The van der Waals surface area contributed by atoms with Crippen molar-refractivity contribution in [3.05, 3.63) is 0 Å². The summed E-state index contributed by atoms with van der Waals surface area (Å²) in [4.78, 5) is 32.0. The number of nitrogens with one attached hydrogen (secondary N) is 4. The molecule has 0 spiro atoms. The molecule has 0 saturated heterocycles. The average molecular weight is 288 g/mol. The van der Waals surface area contributed by atoms with E-state index >= 15 is 0 Å². The molecule has 0 bridgehead atoms. The maximum Gasteiger partial charge on any atom is 0.406 e. The molecule has 0 fully saturated rings. The predicted octanol–water partition coefficient (Wildman–Crippen LogP) is -0.0520. The highest BCUT2D eigenvalue weighted by atomic mass is 16.5. The summed E-state index contributed by atoms with van der Waals surface area (Å²) in [7, 11) is 1.32. The number of unbranched alkanes of at least 4 members (excludes halogenated alkanes) is 2. The lowest BCUT2D eigenvalue weighted by atomic mass is 10.3. The highest BCUT2D eigenvalue weighted by molar-refractivity contribution is 5.73. The number of urea groups is 1. The Morgan fingerprint density at radius 2 is 1.40 bits per heavy atom. The Labute approximate surface area is 119 Å². The fraction of sp³-hybridized carbons (Fsp3) is 0.750. The summed E-state index contributed by atoms with van der Waals surface area (Å²) >= 11 is 0. The van der Waals surface area contributed by atoms with Gasteiger partial charge < -0.3 is 26.0 Å². The molecule has 0 aliphatic heterocycles. The monoisotopic (exact) mass is 288 g/mol. The Balaban J connectivity index is 3.24. The topological polar surface area (TPSA) is 109 Å². The summed E-state index contributed by atoms with van der Waals surface area (Å²) in [6, 6.07) is -0.200. The van der Waals surface area contributed by atoms with Crippen molar-refractivity contribution in [2.24, 2.45) is 0 Å². The van der Waals surface area contributed by atoms with Crippen molar-refractivity contribution in [3.8, 4) is 0 Å². The van der Waals surface area contributed by atoms with Crippen molar-refractivity contribution in [1.29, 1.82) is 0 Å². The van der Waals surface area contributed by atoms with Gasteiger partial charge in [-0.3, -0.25) is 4.79 Å². The molecule has 0 heterocycles. The van der Waals surface area contributed by atoms with E-state index in [1.165, 1.54) is 7.11 Å². The molecule has 8 nitrogen and oxygen atoms in total. The van der Waals surface area contributed by atoms with E-state index in [1.54, 1.807) is 0 Å². The van der Waals surface area contributed by atoms with Gasteiger partial charge in [-0.2, -0.15) is 0 Å². The Morgan fingerprint density at radius 1 is 0.900 bits per heavy atom. The van der Waals surface area contributed by atoms with E-state index in [2.05, 4.69) is 26.0 Å². The van der Waals surface area contributed by atoms with Gasteiger partial charge in [0.25, 0.3) is 0 Å². The molecule has 0 radical (unpaired) electrons. The molecule has 20 heavy (non-hydrogen) atoms. The van der Waals surface area contributed by atoms with Gasteiger partial charge in [-0.25, -0.2) is 9.59 Å². The molecule has 0 rings (SSSR count). The third kappa shape index (κ3) is 12.5. The number of carbonyl (C=O) groups excluding carboxylic acids is 3. The summed E-state index contributed by atoms with van der Waals surface area (Å²) in [5, 5.41) is 10.6. The highest BCUT2D eigenvalue weighted by Crippen LogP contribution is 1.86. The van der Waals surface area contributed by atoms with Gasteiger partial charge >= 0.3 is 12.1 Å². The van der Waals surface area contributed by atoms with E-state index in [0.29, 0.717) is 32.6 Å². The van der Waals surface area contributed by atoms with E-state index in [4.69, 9.17) is 0 Å². The second-order valence-electron chi connectivity index (χ2n) is 4.09. The lowest BCUT2D eigenvalue weighted by Gasteiger charge is -2.07. The van der Waals surface area contributed by atoms with Crippen LogP contribution < -0.4 is 21.3 Å². The average Bonchev–Trinajstić information content (AvgIpc) is 2.46. The molecule has 0 aliphatic carbocycles. The zero-order chi connectivity index (χ0) is 15.1. The zero-order valence-corrected chi connectivity index (χ0v) is 11.9. The normalized spacial score (nSPS) is 9.45. The van der Waals surface area contributed by atoms with Crippen LogP contribution in [0.5, 0.6) is 0 Å². The van der Waals surface area contributed by atoms with E-state index in [9.17, 15) is 14.4 Å². The summed E-state index contributed by atoms with van der Waals surface area (Å²) in [6.45, 7) is 2.29. The van der Waals surface area contributed by atoms with Crippen LogP contribution in [0.3, 0.4) is 0 Å². The first-order valence-corrected chi connectivity index (χ1v) is 6.71. The SMILES string of the molecule is COC(=O)NCCCCNC(=O)NCCCCNC=O. The predicted molar refractivity (Wildman–Crippen MR) is 74.3 cm³/mol. The number of alkyl carbamates (subject to hydrolysis) is 1. The van der Waals surface area contributed by atoms with Crippen molar-refractivity contribution in [2.75, 3.05) is 33.3 Å². The molecular weight excluding hydrogens is 264 g/mol. The molecule has 0 aliphatic rings. The molecule has 0 aromatic rings. The van der Waals surface area contributed by atoms with Crippen LogP contribution in [0, 0.1) is 0 Å². The van der Waals surface area contributed by atoms with Gasteiger partial charge in [-0.05, 0) is 25.7 Å². The van der Waals surface area contributed by atoms with E-state index < -0.39 is 6.09 Å². The molecule has 0 aromatic heterocycles. The minimum atomic E-state index is -0.445. The Morgan fingerprint density at radius 3 is 1.90 bits per heavy atom. The van der Waals surface area contributed by atoms with Crippen molar-refractivity contribution in [1.82, 2.24) is 21.3 Å². The van der Waals surface area contributed by atoms with Crippen LogP contribution in [-0.2, 0) is 9.53 Å². The molecule has 4 N–H and O–H groups in total. The van der Waals surface area contributed by atoms with Crippen LogP contribution in [-0.4, -0.2) is 51.8 Å². The molecule has 0 aromatic carbocycles. The number of ether oxygens (including phenoxy) is 1. The molecule has 0 unspecified atom stereocenters. The summed E-state index contributed by atoms with van der Waals surface area (Å²) in [5.41, 5.74) is 0. The number of hydrogen-bond donors (Lipinski definition) is 4. The molecule has 4 amide bonds. The second-order valence-corrected chi connectivity index (χ2v) is 4.09. The van der Waals surface area contributed by atoms with Crippen molar-refractivity contribution < 1.29 is 19.1 Å². The van der Waals surface area contributed by atoms with Crippen molar-refractivity contribution >= 4 is 18.5 Å². The Hall–Kier alpha value is -1.99. The van der Waals surface area contributed by atoms with Gasteiger partial charge in [-0.15, -0.1) is 0 Å². The summed E-state index contributed by atoms with van der Waals surface area (Å²) < 4.78 is 4.42. The van der Waals surface area contributed by atoms with Gasteiger partial charge in [0.05, 0.1) is 7.11 Å². The van der Waals surface area contributed by atoms with Gasteiger partial charge in [0.2, 0.25) is 6.41 Å². The van der Waals surface area contributed by atoms with Crippen LogP contribution >= 0.6 is 0 Å². The number of amides is 4. The summed E-state index contributed by atoms with van der Waals surface area (Å²) in [6.07, 6.45) is 3.41. The molecule has 116 valence electrons. The minimum Gasteiger partial charge on any atom is -0.453 e. The molecule has 0 atom stereocenters. The molecule has 8 heteroatoms. The highest BCUT2D eigenvalue weighted by Gasteiger charge is 1.99. The van der Waals surface area contributed by atoms with Crippen LogP contribution in [0.25, 0.3) is 0 Å². The largest absolute Gasteiger partial charge is 0.453 e. The lowest BCUT2D eigenvalue weighted by Crippen LogP contribution is -2.37. The standard InChI is InChI=1S/C12H24N4O4/c1-20-12(19)16-9-5-4-8-15-11(18)14-7-3-2-6-13-10-17/h10H,2-9H2,1H3,(H,13,17)(H,16,19)(H2,14,15,18). The van der Waals surface area contributed by atoms with Gasteiger partial charge in [0.15, 0.2) is 0 Å². The van der Waals surface area contributed by atoms with Gasteiger partial charge in [-0.1, -0.05) is 0 Å². The van der Waals surface area contributed by atoms with Crippen LogP contribution in [0.1, 0.15) is 25.7 Å². The minimum absolute atomic E-state index is 0.200. The first-order valence-electron chi connectivity index (χ1n) is 6.71. The quantitative estimate of drug-likeness (QED) is 0.316. The summed E-state index contributed by atoms with van der Waals surface area (Å²) in [5.74, 6) is 0. The fourth-order valence-electron chi connectivity index (χ4n) is 1.39. The van der Waals surface area contributed by atoms with E-state index in [1.807, 2.05) is 0 Å². The van der Waals surface area contributed by atoms with Crippen LogP contribution in [0.4, 0.5) is 9.59 Å². The number of carbonyl (C=O) groups is 3. The van der Waals surface area contributed by atoms with Crippen LogP contribution in [0.2, 0.25) is 0 Å². The number of rotatable bonds is 11. The maximum atomic E-state index is 11.3. The van der Waals surface area contributed by atoms with E-state index in [-0.39, 0.29) is 6.03 Å². The fourth-order valence-corrected chi connectivity index (χ4v) is 1.39. The second kappa shape index (κ2) is 13.4. The van der Waals surface area contributed by atoms with Gasteiger partial charge in [0.1, 0.15) is 0 Å². The third-order valence-electron chi connectivity index (χ3n) is 2.46.